The van der Waals surface area contributed by atoms with E-state index in [1.54, 1.807) is 30.2 Å². The summed E-state index contributed by atoms with van der Waals surface area (Å²) >= 11 is 0. The molecule has 0 saturated heterocycles. The van der Waals surface area contributed by atoms with Crippen LogP contribution < -0.4 is 0 Å². The molecule has 0 aliphatic carbocycles. The van der Waals surface area contributed by atoms with Crippen molar-refractivity contribution in [1.82, 2.24) is 14.7 Å². The SMILES string of the molecule is CN(C)C=CC(=O)c1ccnn1C. The summed E-state index contributed by atoms with van der Waals surface area (Å²) in [6.45, 7) is 0. The summed E-state index contributed by atoms with van der Waals surface area (Å²) < 4.78 is 1.56. The van der Waals surface area contributed by atoms with Crippen LogP contribution in [-0.4, -0.2) is 34.6 Å². The molecule has 0 aliphatic rings. The number of ketones is 1. The van der Waals surface area contributed by atoms with Gasteiger partial charge in [0, 0.05) is 39.6 Å². The van der Waals surface area contributed by atoms with Crippen molar-refractivity contribution in [1.29, 1.82) is 0 Å². The summed E-state index contributed by atoms with van der Waals surface area (Å²) in [4.78, 5) is 13.3. The third-order valence-electron chi connectivity index (χ3n) is 1.60. The lowest BCUT2D eigenvalue weighted by Gasteiger charge is -2.02. The molecule has 4 nitrogen and oxygen atoms in total. The van der Waals surface area contributed by atoms with E-state index in [2.05, 4.69) is 5.10 Å². The monoisotopic (exact) mass is 179 g/mol. The molecule has 0 unspecified atom stereocenters. The van der Waals surface area contributed by atoms with Gasteiger partial charge in [-0.1, -0.05) is 0 Å². The van der Waals surface area contributed by atoms with E-state index in [-0.39, 0.29) is 5.78 Å². The molecule has 0 aliphatic heterocycles. The number of aryl methyl sites for hydroxylation is 1. The Hall–Kier alpha value is -1.58. The minimum Gasteiger partial charge on any atom is -0.383 e. The highest BCUT2D eigenvalue weighted by Crippen LogP contribution is 1.98. The molecule has 1 aromatic rings. The number of aromatic nitrogens is 2. The van der Waals surface area contributed by atoms with E-state index in [4.69, 9.17) is 0 Å². The Kier molecular flexibility index (Phi) is 2.84. The topological polar surface area (TPSA) is 38.1 Å². The van der Waals surface area contributed by atoms with Crippen molar-refractivity contribution in [3.05, 3.63) is 30.2 Å². The number of carbonyl (C=O) groups is 1. The van der Waals surface area contributed by atoms with E-state index in [0.717, 1.165) is 0 Å². The maximum absolute atomic E-state index is 11.5. The fourth-order valence-electron chi connectivity index (χ4n) is 0.918. The van der Waals surface area contributed by atoms with Gasteiger partial charge < -0.3 is 4.90 Å². The van der Waals surface area contributed by atoms with Gasteiger partial charge >= 0.3 is 0 Å². The highest BCUT2D eigenvalue weighted by molar-refractivity contribution is 6.03. The average Bonchev–Trinajstić information content (AvgIpc) is 2.47. The van der Waals surface area contributed by atoms with Crippen molar-refractivity contribution >= 4 is 5.78 Å². The van der Waals surface area contributed by atoms with Gasteiger partial charge in [-0.15, -0.1) is 0 Å². The molecule has 1 aromatic heterocycles. The Bertz CT molecular complexity index is 325. The summed E-state index contributed by atoms with van der Waals surface area (Å²) in [5.41, 5.74) is 0.595. The number of rotatable bonds is 3. The van der Waals surface area contributed by atoms with E-state index >= 15 is 0 Å². The van der Waals surface area contributed by atoms with Gasteiger partial charge in [-0.25, -0.2) is 0 Å². The Labute approximate surface area is 77.5 Å². The molecule has 1 heterocycles. The zero-order valence-electron chi connectivity index (χ0n) is 8.06. The molecule has 0 amide bonds. The van der Waals surface area contributed by atoms with Crippen molar-refractivity contribution in [2.24, 2.45) is 7.05 Å². The van der Waals surface area contributed by atoms with E-state index in [0.29, 0.717) is 5.69 Å². The Morgan fingerprint density at radius 2 is 2.31 bits per heavy atom. The fraction of sp³-hybridized carbons (Fsp3) is 0.333. The smallest absolute Gasteiger partial charge is 0.205 e. The minimum absolute atomic E-state index is 0.0336. The lowest BCUT2D eigenvalue weighted by molar-refractivity contribution is 0.103. The van der Waals surface area contributed by atoms with Gasteiger partial charge in [0.1, 0.15) is 5.69 Å². The van der Waals surface area contributed by atoms with Crippen molar-refractivity contribution in [2.75, 3.05) is 14.1 Å². The lowest BCUT2D eigenvalue weighted by Crippen LogP contribution is -2.06. The molecule has 13 heavy (non-hydrogen) atoms. The van der Waals surface area contributed by atoms with Crippen molar-refractivity contribution < 1.29 is 4.79 Å². The Morgan fingerprint density at radius 3 is 2.77 bits per heavy atom. The van der Waals surface area contributed by atoms with E-state index in [1.165, 1.54) is 6.08 Å². The average molecular weight is 179 g/mol. The summed E-state index contributed by atoms with van der Waals surface area (Å²) in [5, 5.41) is 3.91. The highest BCUT2D eigenvalue weighted by Gasteiger charge is 2.05. The Morgan fingerprint density at radius 1 is 1.62 bits per heavy atom. The van der Waals surface area contributed by atoms with Crippen LogP contribution in [0.1, 0.15) is 10.5 Å². The van der Waals surface area contributed by atoms with Crippen molar-refractivity contribution in [2.45, 2.75) is 0 Å². The van der Waals surface area contributed by atoms with E-state index in [1.807, 2.05) is 19.0 Å². The van der Waals surface area contributed by atoms with E-state index < -0.39 is 0 Å². The van der Waals surface area contributed by atoms with Crippen LogP contribution in [0, 0.1) is 0 Å². The minimum atomic E-state index is -0.0336. The third kappa shape index (κ3) is 2.43. The van der Waals surface area contributed by atoms with Crippen LogP contribution in [0.15, 0.2) is 24.5 Å². The summed E-state index contributed by atoms with van der Waals surface area (Å²) in [6.07, 6.45) is 4.85. The predicted molar refractivity (Wildman–Crippen MR) is 50.4 cm³/mol. The zero-order valence-corrected chi connectivity index (χ0v) is 8.06. The van der Waals surface area contributed by atoms with Crippen molar-refractivity contribution in [3.8, 4) is 0 Å². The van der Waals surface area contributed by atoms with Crippen LogP contribution in [0.4, 0.5) is 0 Å². The quantitative estimate of drug-likeness (QED) is 0.506. The van der Waals surface area contributed by atoms with Crippen LogP contribution in [-0.2, 0) is 7.05 Å². The molecule has 0 spiro atoms. The van der Waals surface area contributed by atoms with Gasteiger partial charge in [0.2, 0.25) is 5.78 Å². The second-order valence-electron chi connectivity index (χ2n) is 2.98. The number of hydrogen-bond donors (Lipinski definition) is 0. The molecule has 0 atom stereocenters. The third-order valence-corrected chi connectivity index (χ3v) is 1.60. The highest BCUT2D eigenvalue weighted by atomic mass is 16.1. The normalized spacial score (nSPS) is 10.7. The van der Waals surface area contributed by atoms with Crippen LogP contribution in [0.2, 0.25) is 0 Å². The molecule has 4 heteroatoms. The fourth-order valence-corrected chi connectivity index (χ4v) is 0.918. The lowest BCUT2D eigenvalue weighted by atomic mass is 10.3. The molecule has 0 fully saturated rings. The van der Waals surface area contributed by atoms with Gasteiger partial charge in [0.05, 0.1) is 0 Å². The number of nitrogens with zero attached hydrogens (tertiary/aromatic N) is 3. The zero-order chi connectivity index (χ0) is 9.84. The maximum Gasteiger partial charge on any atom is 0.205 e. The first-order valence-electron chi connectivity index (χ1n) is 3.98. The maximum atomic E-state index is 11.5. The largest absolute Gasteiger partial charge is 0.383 e. The second-order valence-corrected chi connectivity index (χ2v) is 2.98. The number of allylic oxidation sites excluding steroid dienone is 1. The molecular weight excluding hydrogens is 166 g/mol. The number of carbonyl (C=O) groups excluding carboxylic acids is 1. The first kappa shape index (κ1) is 9.51. The number of hydrogen-bond acceptors (Lipinski definition) is 3. The summed E-state index contributed by atoms with van der Waals surface area (Å²) in [7, 11) is 5.48. The van der Waals surface area contributed by atoms with Gasteiger partial charge in [-0.3, -0.25) is 9.48 Å². The van der Waals surface area contributed by atoms with Gasteiger partial charge in [-0.2, -0.15) is 5.10 Å². The first-order valence-corrected chi connectivity index (χ1v) is 3.98. The molecule has 0 bridgehead atoms. The molecule has 1 rings (SSSR count). The van der Waals surface area contributed by atoms with Crippen LogP contribution in [0.5, 0.6) is 0 Å². The van der Waals surface area contributed by atoms with E-state index in [9.17, 15) is 4.79 Å². The predicted octanol–water partition coefficient (Wildman–Crippen LogP) is 0.678. The molecular formula is C9H13N3O. The summed E-state index contributed by atoms with van der Waals surface area (Å²) in [5.74, 6) is -0.0336. The molecule has 0 radical (unpaired) electrons. The molecule has 0 aromatic carbocycles. The summed E-state index contributed by atoms with van der Waals surface area (Å²) in [6, 6.07) is 1.70. The van der Waals surface area contributed by atoms with Gasteiger partial charge in [0.25, 0.3) is 0 Å². The second kappa shape index (κ2) is 3.89. The van der Waals surface area contributed by atoms with Crippen molar-refractivity contribution in [3.63, 3.8) is 0 Å². The van der Waals surface area contributed by atoms with Gasteiger partial charge in [0.15, 0.2) is 0 Å². The van der Waals surface area contributed by atoms with Crippen LogP contribution in [0.3, 0.4) is 0 Å². The molecule has 70 valence electrons. The molecule has 0 saturated carbocycles. The van der Waals surface area contributed by atoms with Gasteiger partial charge in [-0.05, 0) is 6.07 Å². The standard InChI is InChI=1S/C9H13N3O/c1-11(2)7-5-9(13)8-4-6-10-12(8)3/h4-7H,1-3H3. The Balaban J connectivity index is 2.75. The molecule has 0 N–H and O–H groups in total. The first-order chi connectivity index (χ1) is 6.11. The van der Waals surface area contributed by atoms with Crippen LogP contribution >= 0.6 is 0 Å². The van der Waals surface area contributed by atoms with Crippen LogP contribution in [0.25, 0.3) is 0 Å².